The van der Waals surface area contributed by atoms with Crippen molar-refractivity contribution < 1.29 is 14.0 Å². The fourth-order valence-electron chi connectivity index (χ4n) is 3.60. The molecule has 2 N–H and O–H groups in total. The highest BCUT2D eigenvalue weighted by Gasteiger charge is 2.17. The molecule has 1 unspecified atom stereocenters. The molecule has 34 heavy (non-hydrogen) atoms. The van der Waals surface area contributed by atoms with Crippen molar-refractivity contribution in [3.63, 3.8) is 0 Å². The van der Waals surface area contributed by atoms with E-state index in [2.05, 4.69) is 15.7 Å². The quantitative estimate of drug-likeness (QED) is 0.372. The van der Waals surface area contributed by atoms with Gasteiger partial charge in [0.25, 0.3) is 11.8 Å². The standard InChI is InChI=1S/C26H27FN4O2S/c1-4-16(2)29-24(32)20-7-5-6-19(12-20)14-28-25(33)23-13-22-17(3)30-31(26(22)34-23)15-18-8-10-21(27)11-9-18/h5-13,16H,4,14-15H2,1-3H3,(H,28,33)(H,29,32). The molecule has 0 fully saturated rings. The van der Waals surface area contributed by atoms with E-state index in [-0.39, 0.29) is 23.7 Å². The number of fused-ring (bicyclic) bond motifs is 1. The fourth-order valence-corrected chi connectivity index (χ4v) is 4.67. The Balaban J connectivity index is 1.45. The highest BCUT2D eigenvalue weighted by Crippen LogP contribution is 2.29. The van der Waals surface area contributed by atoms with Gasteiger partial charge in [-0.3, -0.25) is 14.3 Å². The van der Waals surface area contributed by atoms with Crippen LogP contribution in [0.4, 0.5) is 4.39 Å². The topological polar surface area (TPSA) is 76.0 Å². The molecule has 0 bridgehead atoms. The van der Waals surface area contributed by atoms with Crippen LogP contribution >= 0.6 is 11.3 Å². The molecule has 176 valence electrons. The van der Waals surface area contributed by atoms with E-state index in [1.807, 2.05) is 43.7 Å². The molecule has 2 amide bonds. The molecule has 0 radical (unpaired) electrons. The van der Waals surface area contributed by atoms with Crippen molar-refractivity contribution in [1.82, 2.24) is 20.4 Å². The van der Waals surface area contributed by atoms with Crippen LogP contribution in [-0.4, -0.2) is 27.6 Å². The summed E-state index contributed by atoms with van der Waals surface area (Å²) in [5, 5.41) is 11.4. The van der Waals surface area contributed by atoms with E-state index < -0.39 is 0 Å². The largest absolute Gasteiger partial charge is 0.350 e. The summed E-state index contributed by atoms with van der Waals surface area (Å²) < 4.78 is 15.1. The number of thiophene rings is 1. The number of carbonyl (C=O) groups excluding carboxylic acids is 2. The lowest BCUT2D eigenvalue weighted by molar-refractivity contribution is 0.0937. The normalized spacial score (nSPS) is 12.0. The maximum Gasteiger partial charge on any atom is 0.261 e. The second-order valence-electron chi connectivity index (χ2n) is 8.36. The van der Waals surface area contributed by atoms with Gasteiger partial charge in [-0.25, -0.2) is 4.39 Å². The third-order valence-electron chi connectivity index (χ3n) is 5.71. The highest BCUT2D eigenvalue weighted by atomic mass is 32.1. The number of aryl methyl sites for hydroxylation is 1. The summed E-state index contributed by atoms with van der Waals surface area (Å²) in [5.41, 5.74) is 3.20. The first-order valence-electron chi connectivity index (χ1n) is 11.2. The van der Waals surface area contributed by atoms with E-state index in [4.69, 9.17) is 0 Å². The van der Waals surface area contributed by atoms with Gasteiger partial charge in [0.2, 0.25) is 0 Å². The zero-order valence-electron chi connectivity index (χ0n) is 19.4. The first-order valence-corrected chi connectivity index (χ1v) is 12.0. The first kappa shape index (κ1) is 23.6. The summed E-state index contributed by atoms with van der Waals surface area (Å²) in [5.74, 6) is -0.570. The summed E-state index contributed by atoms with van der Waals surface area (Å²) in [6, 6.07) is 15.6. The van der Waals surface area contributed by atoms with E-state index in [0.717, 1.165) is 33.5 Å². The van der Waals surface area contributed by atoms with E-state index in [1.165, 1.54) is 23.5 Å². The van der Waals surface area contributed by atoms with Crippen molar-refractivity contribution in [2.75, 3.05) is 0 Å². The van der Waals surface area contributed by atoms with Crippen molar-refractivity contribution in [2.45, 2.75) is 46.3 Å². The number of carbonyl (C=O) groups is 2. The lowest BCUT2D eigenvalue weighted by Gasteiger charge is -2.12. The molecule has 0 spiro atoms. The number of nitrogens with one attached hydrogen (secondary N) is 2. The Morgan fingerprint density at radius 1 is 1.09 bits per heavy atom. The van der Waals surface area contributed by atoms with Gasteiger partial charge in [-0.1, -0.05) is 31.2 Å². The van der Waals surface area contributed by atoms with Gasteiger partial charge in [0.1, 0.15) is 10.6 Å². The molecule has 8 heteroatoms. The monoisotopic (exact) mass is 478 g/mol. The van der Waals surface area contributed by atoms with Gasteiger partial charge in [-0.05, 0) is 61.7 Å². The number of halogens is 1. The Kier molecular flexibility index (Phi) is 7.07. The average Bonchev–Trinajstić information content (AvgIpc) is 3.40. The van der Waals surface area contributed by atoms with Gasteiger partial charge < -0.3 is 10.6 Å². The summed E-state index contributed by atoms with van der Waals surface area (Å²) in [6.07, 6.45) is 0.859. The summed E-state index contributed by atoms with van der Waals surface area (Å²) in [4.78, 5) is 26.7. The average molecular weight is 479 g/mol. The molecule has 0 aliphatic heterocycles. The van der Waals surface area contributed by atoms with E-state index in [1.54, 1.807) is 24.3 Å². The van der Waals surface area contributed by atoms with Crippen LogP contribution in [0, 0.1) is 12.7 Å². The minimum Gasteiger partial charge on any atom is -0.350 e. The lowest BCUT2D eigenvalue weighted by atomic mass is 10.1. The van der Waals surface area contributed by atoms with E-state index in [9.17, 15) is 14.0 Å². The van der Waals surface area contributed by atoms with Crippen molar-refractivity contribution in [2.24, 2.45) is 0 Å². The second kappa shape index (κ2) is 10.2. The molecule has 0 saturated carbocycles. The number of aromatic nitrogens is 2. The Labute approximate surface area is 201 Å². The van der Waals surface area contributed by atoms with Crippen LogP contribution in [0.5, 0.6) is 0 Å². The van der Waals surface area contributed by atoms with Crippen LogP contribution in [-0.2, 0) is 13.1 Å². The number of hydrogen-bond donors (Lipinski definition) is 2. The molecule has 2 aromatic heterocycles. The van der Waals surface area contributed by atoms with Crippen LogP contribution in [0.15, 0.2) is 54.6 Å². The molecule has 4 aromatic rings. The van der Waals surface area contributed by atoms with E-state index in [0.29, 0.717) is 23.5 Å². The smallest absolute Gasteiger partial charge is 0.261 e. The fraction of sp³-hybridized carbons (Fsp3) is 0.269. The molecule has 2 aromatic carbocycles. The molecular weight excluding hydrogens is 451 g/mol. The SMILES string of the molecule is CCC(C)NC(=O)c1cccc(CNC(=O)c2cc3c(C)nn(Cc4ccc(F)cc4)c3s2)c1. The maximum atomic E-state index is 13.2. The predicted octanol–water partition coefficient (Wildman–Crippen LogP) is 5.05. The van der Waals surface area contributed by atoms with Crippen molar-refractivity contribution in [3.05, 3.63) is 87.7 Å². The van der Waals surface area contributed by atoms with Crippen molar-refractivity contribution in [1.29, 1.82) is 0 Å². The van der Waals surface area contributed by atoms with Gasteiger partial charge in [-0.2, -0.15) is 5.10 Å². The van der Waals surface area contributed by atoms with E-state index >= 15 is 0 Å². The Hall–Kier alpha value is -3.52. The summed E-state index contributed by atoms with van der Waals surface area (Å²) in [6.45, 7) is 6.71. The van der Waals surface area contributed by atoms with Crippen molar-refractivity contribution in [3.8, 4) is 0 Å². The lowest BCUT2D eigenvalue weighted by Crippen LogP contribution is -2.32. The number of rotatable bonds is 8. The second-order valence-corrected chi connectivity index (χ2v) is 9.40. The Morgan fingerprint density at radius 2 is 1.85 bits per heavy atom. The number of hydrogen-bond acceptors (Lipinski definition) is 4. The maximum absolute atomic E-state index is 13.2. The van der Waals surface area contributed by atoms with Crippen LogP contribution in [0.3, 0.4) is 0 Å². The predicted molar refractivity (Wildman–Crippen MR) is 133 cm³/mol. The van der Waals surface area contributed by atoms with Crippen LogP contribution in [0.25, 0.3) is 10.2 Å². The zero-order chi connectivity index (χ0) is 24.2. The van der Waals surface area contributed by atoms with Gasteiger partial charge in [-0.15, -0.1) is 11.3 Å². The minimum atomic E-state index is -0.276. The molecule has 2 heterocycles. The van der Waals surface area contributed by atoms with Crippen LogP contribution in [0.1, 0.15) is 57.1 Å². The minimum absolute atomic E-state index is 0.103. The van der Waals surface area contributed by atoms with Gasteiger partial charge in [0.15, 0.2) is 0 Å². The van der Waals surface area contributed by atoms with Crippen LogP contribution in [0.2, 0.25) is 0 Å². The molecule has 0 aliphatic rings. The van der Waals surface area contributed by atoms with Gasteiger partial charge in [0, 0.05) is 23.5 Å². The summed E-state index contributed by atoms with van der Waals surface area (Å²) >= 11 is 1.38. The highest BCUT2D eigenvalue weighted by molar-refractivity contribution is 7.20. The van der Waals surface area contributed by atoms with Gasteiger partial charge in [0.05, 0.1) is 17.1 Å². The zero-order valence-corrected chi connectivity index (χ0v) is 20.2. The third kappa shape index (κ3) is 5.34. The van der Waals surface area contributed by atoms with Gasteiger partial charge >= 0.3 is 0 Å². The Bertz CT molecular complexity index is 1330. The van der Waals surface area contributed by atoms with Crippen LogP contribution < -0.4 is 10.6 Å². The molecule has 0 aliphatic carbocycles. The third-order valence-corrected chi connectivity index (χ3v) is 6.86. The molecule has 1 atom stereocenters. The summed E-state index contributed by atoms with van der Waals surface area (Å²) in [7, 11) is 0. The molecule has 4 rings (SSSR count). The first-order chi connectivity index (χ1) is 16.3. The molecule has 0 saturated heterocycles. The number of nitrogens with zero attached hydrogens (tertiary/aromatic N) is 2. The van der Waals surface area contributed by atoms with Crippen molar-refractivity contribution >= 4 is 33.4 Å². The molecular formula is C26H27FN4O2S. The Morgan fingerprint density at radius 3 is 2.59 bits per heavy atom. The molecule has 6 nitrogen and oxygen atoms in total. The number of benzene rings is 2. The number of amides is 2.